The number of H-pyrrole nitrogens is 4. The van der Waals surface area contributed by atoms with Crippen molar-refractivity contribution in [2.24, 2.45) is 0 Å². The van der Waals surface area contributed by atoms with E-state index in [9.17, 15) is 19.2 Å². The van der Waals surface area contributed by atoms with Crippen molar-refractivity contribution in [3.63, 3.8) is 0 Å². The highest BCUT2D eigenvalue weighted by atomic mass is 16.2. The lowest BCUT2D eigenvalue weighted by Crippen LogP contribution is -2.37. The molecule has 0 spiro atoms. The molecule has 16 bridgehead atoms. The lowest BCUT2D eigenvalue weighted by atomic mass is 9.79. The van der Waals surface area contributed by atoms with Gasteiger partial charge < -0.3 is 19.9 Å². The average Bonchev–Trinajstić information content (AvgIpc) is 0.965. The fraction of sp³-hybridized carbons (Fsp3) is 0.0286. The molecule has 6 aliphatic rings. The van der Waals surface area contributed by atoms with Crippen molar-refractivity contribution in [1.82, 2.24) is 49.7 Å². The zero-order valence-electron chi connectivity index (χ0n) is 44.5. The number of aromatic nitrogens is 8. The first kappa shape index (κ1) is 46.9. The van der Waals surface area contributed by atoms with Gasteiger partial charge in [-0.15, -0.1) is 0 Å². The Morgan fingerprint density at radius 2 is 0.655 bits per heavy atom. The number of carbonyl (C=O) groups is 4. The van der Waals surface area contributed by atoms with E-state index in [0.717, 1.165) is 65.7 Å². The molecule has 17 rings (SSSR count). The minimum Gasteiger partial charge on any atom is -0.355 e. The number of carbonyl (C=O) groups excluding carboxylic acids is 4. The lowest BCUT2D eigenvalue weighted by molar-refractivity contribution is 0.0635. The van der Waals surface area contributed by atoms with Crippen LogP contribution < -0.4 is 0 Å². The van der Waals surface area contributed by atoms with Crippen LogP contribution in [0.4, 0.5) is 0 Å². The molecule has 0 saturated carbocycles. The molecule has 6 aromatic heterocycles. The number of rotatable bonds is 0. The fourth-order valence-corrected chi connectivity index (χ4v) is 12.4. The van der Waals surface area contributed by atoms with Crippen molar-refractivity contribution < 1.29 is 19.2 Å². The smallest absolute Gasteiger partial charge is 0.261 e. The molecule has 11 aromatic rings. The number of hydrogen-bond acceptors (Lipinski definition) is 8. The van der Waals surface area contributed by atoms with Gasteiger partial charge in [-0.3, -0.25) is 29.0 Å². The largest absolute Gasteiger partial charge is 0.355 e. The number of nitrogens with zero attached hydrogens (tertiary/aromatic N) is 6. The third-order valence-corrected chi connectivity index (χ3v) is 16.3. The normalized spacial score (nSPS) is 14.0. The van der Waals surface area contributed by atoms with Crippen molar-refractivity contribution in [2.45, 2.75) is 0 Å². The summed E-state index contributed by atoms with van der Waals surface area (Å²) in [6.07, 6.45) is 15.6. The van der Waals surface area contributed by atoms with Gasteiger partial charge in [0.25, 0.3) is 23.6 Å². The maximum absolute atomic E-state index is 14.6. The SMILES string of the molecule is CN1C(=O)c2ccc3c4c(C#Cc5c6nc(cc7ccc(cc8nc(cc9ccc5[nH]9)C=C8)[nH]7)C=C6)cc5c6c(ccc(c7c(C#Cc8c9nc(cc%10ccc(cc%11nc(cc%12ccc8[nH]%12)C=C%11)[nH]%10)C=C9)cc(c2c37)C1=O)c64)C(=O)N(C)C5=O. The van der Waals surface area contributed by atoms with E-state index in [1.807, 2.05) is 146 Å². The van der Waals surface area contributed by atoms with Crippen molar-refractivity contribution in [3.05, 3.63) is 211 Å². The molecule has 0 aliphatic carbocycles. The zero-order chi connectivity index (χ0) is 56.2. The van der Waals surface area contributed by atoms with Crippen LogP contribution in [0.2, 0.25) is 0 Å². The molecule has 4 N–H and O–H groups in total. The van der Waals surface area contributed by atoms with Crippen molar-refractivity contribution >= 4 is 159 Å². The standard InChI is InChI=1S/C70H38N10O4/c1-79-67(81)53-21-19-51-62-36(4-18-50-59-25-15-47(77-59)33-43-11-7-39(73-43)30-40-8-12-44(74-40)34-48-16-26-60(50)78-48)28-56-64-54(68(82)80(2)70(56)84)22-20-52(66(62)64)61-35(27-55(69(79)83)63(53)65(51)61)3-17-49-57-23-13-45(75-57)31-41-9-5-37(71-41)29-38-6-10-42(72-38)32-46-14-24-58(49)76-46/h5-16,19-34,71,73,76,78H,1-2H3. The maximum atomic E-state index is 14.6. The van der Waals surface area contributed by atoms with Crippen LogP contribution in [0, 0.1) is 23.7 Å². The van der Waals surface area contributed by atoms with Crippen LogP contribution in [-0.4, -0.2) is 87.4 Å². The number of nitrogens with one attached hydrogen (secondary N) is 4. The van der Waals surface area contributed by atoms with Crippen LogP contribution in [0.25, 0.3) is 136 Å². The van der Waals surface area contributed by atoms with E-state index in [1.54, 1.807) is 24.3 Å². The summed E-state index contributed by atoms with van der Waals surface area (Å²) in [4.78, 5) is 94.0. The van der Waals surface area contributed by atoms with Gasteiger partial charge in [0.1, 0.15) is 0 Å². The molecule has 0 unspecified atom stereocenters. The van der Waals surface area contributed by atoms with Crippen LogP contribution in [0.5, 0.6) is 0 Å². The van der Waals surface area contributed by atoms with Crippen LogP contribution >= 0.6 is 0 Å². The van der Waals surface area contributed by atoms with Crippen LogP contribution in [0.3, 0.4) is 0 Å². The average molecular weight is 1080 g/mol. The summed E-state index contributed by atoms with van der Waals surface area (Å²) in [7, 11) is 2.97. The Labute approximate surface area is 475 Å². The molecule has 14 heteroatoms. The molecule has 0 fully saturated rings. The third kappa shape index (κ3) is 7.14. The van der Waals surface area contributed by atoms with Gasteiger partial charge in [-0.05, 0) is 169 Å². The summed E-state index contributed by atoms with van der Waals surface area (Å²) in [5.74, 6) is 12.3. The van der Waals surface area contributed by atoms with Gasteiger partial charge in [0.05, 0.1) is 67.7 Å². The van der Waals surface area contributed by atoms with E-state index in [1.165, 1.54) is 14.1 Å². The number of aromatic amines is 4. The van der Waals surface area contributed by atoms with Crippen LogP contribution in [0.1, 0.15) is 109 Å². The van der Waals surface area contributed by atoms with Gasteiger partial charge in [-0.1, -0.05) is 35.8 Å². The first-order chi connectivity index (χ1) is 41.0. The Bertz CT molecular complexity index is 5310. The monoisotopic (exact) mass is 1080 g/mol. The van der Waals surface area contributed by atoms with Gasteiger partial charge >= 0.3 is 0 Å². The van der Waals surface area contributed by atoms with E-state index in [-0.39, 0.29) is 0 Å². The quantitative estimate of drug-likeness (QED) is 0.0499. The van der Waals surface area contributed by atoms with Crippen molar-refractivity contribution in [2.75, 3.05) is 14.1 Å². The molecular formula is C70H38N10O4. The zero-order valence-corrected chi connectivity index (χ0v) is 44.5. The summed E-state index contributed by atoms with van der Waals surface area (Å²) in [6, 6.07) is 38.5. The summed E-state index contributed by atoms with van der Waals surface area (Å²) in [6.45, 7) is 0. The van der Waals surface area contributed by atoms with Crippen LogP contribution in [-0.2, 0) is 0 Å². The molecule has 0 saturated heterocycles. The fourth-order valence-electron chi connectivity index (χ4n) is 12.4. The Kier molecular flexibility index (Phi) is 9.63. The second kappa shape index (κ2) is 17.3. The van der Waals surface area contributed by atoms with E-state index >= 15 is 0 Å². The van der Waals surface area contributed by atoms with Gasteiger partial charge in [0.2, 0.25) is 0 Å². The van der Waals surface area contributed by atoms with E-state index in [0.29, 0.717) is 121 Å². The Morgan fingerprint density at radius 3 is 1.05 bits per heavy atom. The number of fused-ring (bicyclic) bond motifs is 18. The maximum Gasteiger partial charge on any atom is 0.261 e. The molecule has 392 valence electrons. The minimum absolute atomic E-state index is 0.301. The Morgan fingerprint density at radius 1 is 0.321 bits per heavy atom. The Balaban J connectivity index is 0.963. The highest BCUT2D eigenvalue weighted by molar-refractivity contribution is 6.42. The molecule has 14 nitrogen and oxygen atoms in total. The van der Waals surface area contributed by atoms with Gasteiger partial charge in [0.15, 0.2) is 0 Å². The van der Waals surface area contributed by atoms with Crippen LogP contribution in [0.15, 0.2) is 121 Å². The molecule has 0 atom stereocenters. The summed E-state index contributed by atoms with van der Waals surface area (Å²) in [5, 5.41) is 4.77. The molecule has 0 radical (unpaired) electrons. The molecule has 4 amide bonds. The molecular weight excluding hydrogens is 1040 g/mol. The lowest BCUT2D eigenvalue weighted by Gasteiger charge is -2.29. The minimum atomic E-state index is -0.480. The van der Waals surface area contributed by atoms with Crippen molar-refractivity contribution in [1.29, 1.82) is 0 Å². The Hall–Kier alpha value is -12.0. The second-order valence-corrected chi connectivity index (χ2v) is 21.5. The topological polar surface area (TPSA) is 189 Å². The highest BCUT2D eigenvalue weighted by Crippen LogP contribution is 2.48. The predicted octanol–water partition coefficient (Wildman–Crippen LogP) is 12.9. The summed E-state index contributed by atoms with van der Waals surface area (Å²) >= 11 is 0. The van der Waals surface area contributed by atoms with Gasteiger partial charge in [-0.2, -0.15) is 0 Å². The molecule has 84 heavy (non-hydrogen) atoms. The van der Waals surface area contributed by atoms with Gasteiger partial charge in [0, 0.05) is 113 Å². The molecule has 12 heterocycles. The number of amides is 4. The number of imide groups is 2. The highest BCUT2D eigenvalue weighted by Gasteiger charge is 2.36. The first-order valence-corrected chi connectivity index (χ1v) is 27.1. The summed E-state index contributed by atoms with van der Waals surface area (Å²) < 4.78 is 0. The van der Waals surface area contributed by atoms with E-state index in [4.69, 9.17) is 19.9 Å². The van der Waals surface area contributed by atoms with E-state index in [2.05, 4.69) is 43.6 Å². The molecule has 6 aliphatic heterocycles. The second-order valence-electron chi connectivity index (χ2n) is 21.5. The first-order valence-electron chi connectivity index (χ1n) is 27.1. The van der Waals surface area contributed by atoms with Crippen molar-refractivity contribution in [3.8, 4) is 23.7 Å². The number of hydrogen-bond donors (Lipinski definition) is 4. The van der Waals surface area contributed by atoms with Gasteiger partial charge in [-0.25, -0.2) is 19.9 Å². The predicted molar refractivity (Wildman–Crippen MR) is 330 cm³/mol. The molecule has 5 aromatic carbocycles. The van der Waals surface area contributed by atoms with E-state index < -0.39 is 23.6 Å². The number of benzene rings is 5. The summed E-state index contributed by atoms with van der Waals surface area (Å²) in [5.41, 5.74) is 15.8. The third-order valence-electron chi connectivity index (χ3n) is 16.3.